The van der Waals surface area contributed by atoms with Crippen LogP contribution in [0.4, 0.5) is 0 Å². The molecule has 2 aromatic carbocycles. The SMILES string of the molecule is Cc1cccc(COc2ccc([C@@H](C)N)cc2Cl)c1. The normalized spacial score (nSPS) is 12.2. The molecule has 19 heavy (non-hydrogen) atoms. The monoisotopic (exact) mass is 275 g/mol. The molecule has 0 saturated carbocycles. The van der Waals surface area contributed by atoms with Gasteiger partial charge in [0, 0.05) is 6.04 Å². The summed E-state index contributed by atoms with van der Waals surface area (Å²) in [6.45, 7) is 4.51. The van der Waals surface area contributed by atoms with Gasteiger partial charge in [0.1, 0.15) is 12.4 Å². The predicted molar refractivity (Wildman–Crippen MR) is 79.6 cm³/mol. The molecule has 0 aliphatic carbocycles. The van der Waals surface area contributed by atoms with Crippen LogP contribution in [0.2, 0.25) is 5.02 Å². The molecular formula is C16H18ClNO. The Bertz CT molecular complexity index is 566. The minimum absolute atomic E-state index is 0.0247. The molecular weight excluding hydrogens is 258 g/mol. The van der Waals surface area contributed by atoms with Crippen LogP contribution in [0.15, 0.2) is 42.5 Å². The predicted octanol–water partition coefficient (Wildman–Crippen LogP) is 4.25. The third-order valence-electron chi connectivity index (χ3n) is 2.96. The van der Waals surface area contributed by atoms with E-state index in [2.05, 4.69) is 19.1 Å². The topological polar surface area (TPSA) is 35.2 Å². The number of benzene rings is 2. The van der Waals surface area contributed by atoms with Crippen LogP contribution in [-0.4, -0.2) is 0 Å². The van der Waals surface area contributed by atoms with Crippen LogP contribution in [-0.2, 0) is 6.61 Å². The molecule has 2 nitrogen and oxygen atoms in total. The fourth-order valence-corrected chi connectivity index (χ4v) is 2.12. The van der Waals surface area contributed by atoms with Crippen LogP contribution in [0, 0.1) is 6.92 Å². The van der Waals surface area contributed by atoms with E-state index in [4.69, 9.17) is 22.1 Å². The molecule has 100 valence electrons. The minimum atomic E-state index is -0.0247. The number of nitrogens with two attached hydrogens (primary N) is 1. The molecule has 2 aromatic rings. The molecule has 0 radical (unpaired) electrons. The quantitative estimate of drug-likeness (QED) is 0.905. The number of halogens is 1. The summed E-state index contributed by atoms with van der Waals surface area (Å²) in [6, 6.07) is 13.9. The van der Waals surface area contributed by atoms with Crippen molar-refractivity contribution in [3.63, 3.8) is 0 Å². The molecule has 0 aromatic heterocycles. The number of hydrogen-bond acceptors (Lipinski definition) is 2. The molecule has 1 atom stereocenters. The van der Waals surface area contributed by atoms with Crippen LogP contribution in [0.3, 0.4) is 0 Å². The first-order chi connectivity index (χ1) is 9.06. The molecule has 0 amide bonds. The zero-order valence-corrected chi connectivity index (χ0v) is 11.9. The largest absolute Gasteiger partial charge is 0.487 e. The van der Waals surface area contributed by atoms with Gasteiger partial charge in [-0.05, 0) is 37.1 Å². The third kappa shape index (κ3) is 3.72. The fraction of sp³-hybridized carbons (Fsp3) is 0.250. The molecule has 3 heteroatoms. The van der Waals surface area contributed by atoms with Crippen molar-refractivity contribution in [2.75, 3.05) is 0 Å². The molecule has 0 fully saturated rings. The minimum Gasteiger partial charge on any atom is -0.487 e. The summed E-state index contributed by atoms with van der Waals surface area (Å²) < 4.78 is 5.74. The highest BCUT2D eigenvalue weighted by Crippen LogP contribution is 2.28. The van der Waals surface area contributed by atoms with Crippen molar-refractivity contribution >= 4 is 11.6 Å². The van der Waals surface area contributed by atoms with E-state index in [1.165, 1.54) is 5.56 Å². The van der Waals surface area contributed by atoms with E-state index >= 15 is 0 Å². The van der Waals surface area contributed by atoms with Crippen LogP contribution in [0.5, 0.6) is 5.75 Å². The Kier molecular flexibility index (Phi) is 4.46. The molecule has 0 saturated heterocycles. The van der Waals surface area contributed by atoms with Crippen LogP contribution in [0.25, 0.3) is 0 Å². The van der Waals surface area contributed by atoms with Crippen molar-refractivity contribution in [2.24, 2.45) is 5.73 Å². The first-order valence-corrected chi connectivity index (χ1v) is 6.67. The summed E-state index contributed by atoms with van der Waals surface area (Å²) in [6.07, 6.45) is 0. The maximum Gasteiger partial charge on any atom is 0.138 e. The third-order valence-corrected chi connectivity index (χ3v) is 3.25. The lowest BCUT2D eigenvalue weighted by Crippen LogP contribution is -2.05. The first-order valence-electron chi connectivity index (χ1n) is 6.29. The van der Waals surface area contributed by atoms with Gasteiger partial charge in [0.25, 0.3) is 0 Å². The maximum atomic E-state index is 6.19. The second kappa shape index (κ2) is 6.09. The van der Waals surface area contributed by atoms with E-state index in [1.54, 1.807) is 0 Å². The van der Waals surface area contributed by atoms with E-state index in [0.29, 0.717) is 17.4 Å². The van der Waals surface area contributed by atoms with Gasteiger partial charge in [-0.15, -0.1) is 0 Å². The van der Waals surface area contributed by atoms with Gasteiger partial charge < -0.3 is 10.5 Å². The molecule has 0 heterocycles. The fourth-order valence-electron chi connectivity index (χ4n) is 1.88. The van der Waals surface area contributed by atoms with Crippen LogP contribution in [0.1, 0.15) is 29.7 Å². The van der Waals surface area contributed by atoms with Crippen molar-refractivity contribution in [1.82, 2.24) is 0 Å². The molecule has 2 rings (SSSR count). The molecule has 0 unspecified atom stereocenters. The summed E-state index contributed by atoms with van der Waals surface area (Å²) in [5.41, 5.74) is 9.18. The lowest BCUT2D eigenvalue weighted by atomic mass is 10.1. The summed E-state index contributed by atoms with van der Waals surface area (Å²) in [5.74, 6) is 0.688. The Balaban J connectivity index is 2.07. The number of aryl methyl sites for hydroxylation is 1. The van der Waals surface area contributed by atoms with E-state index in [9.17, 15) is 0 Å². The van der Waals surface area contributed by atoms with Gasteiger partial charge in [-0.1, -0.05) is 47.5 Å². The van der Waals surface area contributed by atoms with E-state index in [-0.39, 0.29) is 6.04 Å². The van der Waals surface area contributed by atoms with E-state index in [0.717, 1.165) is 11.1 Å². The van der Waals surface area contributed by atoms with Gasteiger partial charge >= 0.3 is 0 Å². The van der Waals surface area contributed by atoms with Crippen LogP contribution < -0.4 is 10.5 Å². The van der Waals surface area contributed by atoms with Gasteiger partial charge in [-0.3, -0.25) is 0 Å². The van der Waals surface area contributed by atoms with E-state index in [1.807, 2.05) is 37.3 Å². The first kappa shape index (κ1) is 13.9. The lowest BCUT2D eigenvalue weighted by molar-refractivity contribution is 0.306. The van der Waals surface area contributed by atoms with Crippen molar-refractivity contribution in [1.29, 1.82) is 0 Å². The summed E-state index contributed by atoms with van der Waals surface area (Å²) in [4.78, 5) is 0. The Morgan fingerprint density at radius 1 is 1.21 bits per heavy atom. The maximum absolute atomic E-state index is 6.19. The summed E-state index contributed by atoms with van der Waals surface area (Å²) in [5, 5.41) is 0.599. The number of rotatable bonds is 4. The average Bonchev–Trinajstić information content (AvgIpc) is 2.37. The molecule has 0 aliphatic rings. The Labute approximate surface area is 119 Å². The van der Waals surface area contributed by atoms with Crippen molar-refractivity contribution in [3.8, 4) is 5.75 Å². The highest BCUT2D eigenvalue weighted by atomic mass is 35.5. The molecule has 0 spiro atoms. The Morgan fingerprint density at radius 2 is 2.00 bits per heavy atom. The molecule has 2 N–H and O–H groups in total. The highest BCUT2D eigenvalue weighted by molar-refractivity contribution is 6.32. The van der Waals surface area contributed by atoms with Gasteiger partial charge in [0.15, 0.2) is 0 Å². The van der Waals surface area contributed by atoms with Gasteiger partial charge in [0.2, 0.25) is 0 Å². The van der Waals surface area contributed by atoms with E-state index < -0.39 is 0 Å². The lowest BCUT2D eigenvalue weighted by Gasteiger charge is -2.11. The standard InChI is InChI=1S/C16H18ClNO/c1-11-4-3-5-13(8-11)10-19-16-7-6-14(12(2)18)9-15(16)17/h3-9,12H,10,18H2,1-2H3/t12-/m1/s1. The second-order valence-corrected chi connectivity index (χ2v) is 5.16. The smallest absolute Gasteiger partial charge is 0.138 e. The zero-order chi connectivity index (χ0) is 13.8. The average molecular weight is 276 g/mol. The van der Waals surface area contributed by atoms with Crippen molar-refractivity contribution in [3.05, 3.63) is 64.2 Å². The number of ether oxygens (including phenoxy) is 1. The van der Waals surface area contributed by atoms with Crippen molar-refractivity contribution < 1.29 is 4.74 Å². The summed E-state index contributed by atoms with van der Waals surface area (Å²) >= 11 is 6.19. The van der Waals surface area contributed by atoms with Gasteiger partial charge in [-0.2, -0.15) is 0 Å². The molecule has 0 bridgehead atoms. The van der Waals surface area contributed by atoms with Gasteiger partial charge in [-0.25, -0.2) is 0 Å². The van der Waals surface area contributed by atoms with Gasteiger partial charge in [0.05, 0.1) is 5.02 Å². The molecule has 0 aliphatic heterocycles. The zero-order valence-electron chi connectivity index (χ0n) is 11.2. The Hall–Kier alpha value is -1.51. The highest BCUT2D eigenvalue weighted by Gasteiger charge is 2.06. The van der Waals surface area contributed by atoms with Crippen LogP contribution >= 0.6 is 11.6 Å². The van der Waals surface area contributed by atoms with Crippen molar-refractivity contribution in [2.45, 2.75) is 26.5 Å². The number of hydrogen-bond donors (Lipinski definition) is 1. The summed E-state index contributed by atoms with van der Waals surface area (Å²) in [7, 11) is 0. The Morgan fingerprint density at radius 3 is 2.63 bits per heavy atom. The second-order valence-electron chi connectivity index (χ2n) is 4.76.